The van der Waals surface area contributed by atoms with Gasteiger partial charge >= 0.3 is 6.03 Å². The van der Waals surface area contributed by atoms with Crippen LogP contribution in [0.1, 0.15) is 5.69 Å². The fraction of sp³-hybridized carbons (Fsp3) is 0.333. The van der Waals surface area contributed by atoms with Crippen LogP contribution in [0, 0.1) is 11.3 Å². The molecule has 1 heterocycles. The van der Waals surface area contributed by atoms with Gasteiger partial charge < -0.3 is 19.7 Å². The number of carbonyl (C=O) groups is 1. The molecule has 0 aliphatic carbocycles. The lowest BCUT2D eigenvalue weighted by Crippen LogP contribution is -2.32. The summed E-state index contributed by atoms with van der Waals surface area (Å²) in [6.07, 6.45) is 2.58. The Bertz CT molecular complexity index is 817. The molecule has 2 amide bonds. The first kappa shape index (κ1) is 21.4. The molecule has 1 aromatic carbocycles. The second-order valence-electron chi connectivity index (χ2n) is 5.61. The van der Waals surface area contributed by atoms with Crippen molar-refractivity contribution in [3.8, 4) is 6.07 Å². The Kier molecular flexibility index (Phi) is 8.42. The van der Waals surface area contributed by atoms with Crippen molar-refractivity contribution in [1.82, 2.24) is 9.97 Å². The minimum absolute atomic E-state index is 0.162. The van der Waals surface area contributed by atoms with Gasteiger partial charge in [0.15, 0.2) is 11.5 Å². The van der Waals surface area contributed by atoms with Crippen LogP contribution in [0.3, 0.4) is 0 Å². The number of aromatic nitrogens is 2. The molecule has 28 heavy (non-hydrogen) atoms. The Morgan fingerprint density at radius 1 is 1.18 bits per heavy atom. The maximum atomic E-state index is 12.4. The fourth-order valence-electron chi connectivity index (χ4n) is 2.36. The number of anilines is 3. The van der Waals surface area contributed by atoms with E-state index in [1.165, 1.54) is 12.4 Å². The summed E-state index contributed by atoms with van der Waals surface area (Å²) in [7, 11) is 3.25. The highest BCUT2D eigenvalue weighted by Gasteiger charge is 2.14. The maximum absolute atomic E-state index is 12.4. The largest absolute Gasteiger partial charge is 0.383 e. The molecule has 2 N–H and O–H groups in total. The van der Waals surface area contributed by atoms with E-state index in [4.69, 9.17) is 26.3 Å². The molecule has 0 spiro atoms. The van der Waals surface area contributed by atoms with Gasteiger partial charge in [-0.05, 0) is 18.2 Å². The minimum atomic E-state index is -0.513. The number of rotatable bonds is 9. The molecule has 2 rings (SSSR count). The lowest BCUT2D eigenvalue weighted by atomic mass is 10.2. The van der Waals surface area contributed by atoms with Gasteiger partial charge in [0.1, 0.15) is 6.07 Å². The molecule has 148 valence electrons. The number of carbonyl (C=O) groups excluding carboxylic acids is 1. The van der Waals surface area contributed by atoms with Crippen molar-refractivity contribution in [2.45, 2.75) is 0 Å². The van der Waals surface area contributed by atoms with E-state index >= 15 is 0 Å². The number of hydrogen-bond donors (Lipinski definition) is 2. The second kappa shape index (κ2) is 11.0. The number of nitrogens with one attached hydrogen (secondary N) is 2. The summed E-state index contributed by atoms with van der Waals surface area (Å²) in [6, 6.07) is 6.58. The summed E-state index contributed by atoms with van der Waals surface area (Å²) in [4.78, 5) is 22.2. The monoisotopic (exact) mass is 404 g/mol. The lowest BCUT2D eigenvalue weighted by molar-refractivity contribution is 0.190. The molecule has 0 atom stereocenters. The van der Waals surface area contributed by atoms with E-state index in [0.717, 1.165) is 5.69 Å². The molecule has 10 heteroatoms. The SMILES string of the molecule is COCCN(CCOC)c1ccc(Cl)cc1NC(=O)Nc1cnc(C#N)cn1. The Hall–Kier alpha value is -2.93. The van der Waals surface area contributed by atoms with Gasteiger partial charge in [-0.3, -0.25) is 5.32 Å². The number of nitrogens with zero attached hydrogens (tertiary/aromatic N) is 4. The first-order chi connectivity index (χ1) is 13.6. The molecule has 0 radical (unpaired) electrons. The van der Waals surface area contributed by atoms with Crippen molar-refractivity contribution in [2.75, 3.05) is 56.1 Å². The molecule has 0 aliphatic heterocycles. The van der Waals surface area contributed by atoms with Crippen molar-refractivity contribution in [2.24, 2.45) is 0 Å². The van der Waals surface area contributed by atoms with Crippen LogP contribution in [0.15, 0.2) is 30.6 Å². The molecule has 0 bridgehead atoms. The first-order valence-electron chi connectivity index (χ1n) is 8.40. The molecule has 1 aromatic heterocycles. The van der Waals surface area contributed by atoms with Crippen molar-refractivity contribution in [3.05, 3.63) is 41.3 Å². The Labute approximate surface area is 168 Å². The van der Waals surface area contributed by atoms with Crippen LogP contribution in [0.2, 0.25) is 5.02 Å². The van der Waals surface area contributed by atoms with E-state index in [2.05, 4.69) is 20.6 Å². The van der Waals surface area contributed by atoms with Crippen LogP contribution in [-0.2, 0) is 9.47 Å². The summed E-state index contributed by atoms with van der Waals surface area (Å²) >= 11 is 6.11. The zero-order valence-electron chi connectivity index (χ0n) is 15.6. The average molecular weight is 405 g/mol. The normalized spacial score (nSPS) is 10.2. The van der Waals surface area contributed by atoms with E-state index in [9.17, 15) is 4.79 Å². The molecule has 9 nitrogen and oxygen atoms in total. The van der Waals surface area contributed by atoms with Crippen LogP contribution in [-0.4, -0.2) is 56.5 Å². The highest BCUT2D eigenvalue weighted by atomic mass is 35.5. The fourth-order valence-corrected chi connectivity index (χ4v) is 2.53. The van der Waals surface area contributed by atoms with Gasteiger partial charge in [0.05, 0.1) is 37.0 Å². The average Bonchev–Trinajstić information content (AvgIpc) is 2.69. The van der Waals surface area contributed by atoms with Crippen LogP contribution in [0.5, 0.6) is 0 Å². The first-order valence-corrected chi connectivity index (χ1v) is 8.77. The number of amides is 2. The number of urea groups is 1. The van der Waals surface area contributed by atoms with E-state index in [0.29, 0.717) is 37.0 Å². The number of methoxy groups -OCH3 is 2. The summed E-state index contributed by atoms with van der Waals surface area (Å²) < 4.78 is 10.3. The zero-order valence-corrected chi connectivity index (χ0v) is 16.4. The third-order valence-electron chi connectivity index (χ3n) is 3.69. The number of benzene rings is 1. The zero-order chi connectivity index (χ0) is 20.4. The van der Waals surface area contributed by atoms with Crippen LogP contribution in [0.4, 0.5) is 22.0 Å². The smallest absolute Gasteiger partial charge is 0.324 e. The van der Waals surface area contributed by atoms with Crippen molar-refractivity contribution >= 4 is 34.8 Å². The third-order valence-corrected chi connectivity index (χ3v) is 3.92. The molecule has 0 saturated carbocycles. The third kappa shape index (κ3) is 6.35. The van der Waals surface area contributed by atoms with E-state index in [1.807, 2.05) is 17.0 Å². The van der Waals surface area contributed by atoms with E-state index in [-0.39, 0.29) is 11.5 Å². The second-order valence-corrected chi connectivity index (χ2v) is 6.05. The van der Waals surface area contributed by atoms with Gasteiger partial charge in [-0.2, -0.15) is 5.26 Å². The Morgan fingerprint density at radius 3 is 2.46 bits per heavy atom. The van der Waals surface area contributed by atoms with Gasteiger partial charge in [0.25, 0.3) is 0 Å². The molecule has 2 aromatic rings. The van der Waals surface area contributed by atoms with Crippen molar-refractivity contribution in [1.29, 1.82) is 5.26 Å². The molecule has 0 unspecified atom stereocenters. The van der Waals surface area contributed by atoms with Gasteiger partial charge in [-0.25, -0.2) is 14.8 Å². The predicted molar refractivity (Wildman–Crippen MR) is 107 cm³/mol. The predicted octanol–water partition coefficient (Wildman–Crippen LogP) is 2.74. The van der Waals surface area contributed by atoms with Crippen molar-refractivity contribution < 1.29 is 14.3 Å². The summed E-state index contributed by atoms with van der Waals surface area (Å²) in [5.41, 5.74) is 1.47. The van der Waals surface area contributed by atoms with Gasteiger partial charge in [0, 0.05) is 32.3 Å². The Balaban J connectivity index is 2.17. The van der Waals surface area contributed by atoms with Gasteiger partial charge in [0.2, 0.25) is 0 Å². The Morgan fingerprint density at radius 2 is 1.89 bits per heavy atom. The molecular weight excluding hydrogens is 384 g/mol. The molecule has 0 aliphatic rings. The number of nitriles is 1. The highest BCUT2D eigenvalue weighted by Crippen LogP contribution is 2.29. The summed E-state index contributed by atoms with van der Waals surface area (Å²) in [5, 5.41) is 14.6. The van der Waals surface area contributed by atoms with Crippen LogP contribution < -0.4 is 15.5 Å². The number of ether oxygens (including phenoxy) is 2. The maximum Gasteiger partial charge on any atom is 0.324 e. The van der Waals surface area contributed by atoms with Gasteiger partial charge in [-0.15, -0.1) is 0 Å². The van der Waals surface area contributed by atoms with E-state index in [1.54, 1.807) is 26.4 Å². The number of hydrogen-bond acceptors (Lipinski definition) is 7. The quantitative estimate of drug-likeness (QED) is 0.660. The summed E-state index contributed by atoms with van der Waals surface area (Å²) in [5.74, 6) is 0.218. The standard InChI is InChI=1S/C18H21ClN6O3/c1-27-7-5-25(6-8-28-2)16-4-3-13(19)9-15(16)23-18(26)24-17-12-21-14(10-20)11-22-17/h3-4,9,11-12H,5-8H2,1-2H3,(H2,22,23,24,26). The van der Waals surface area contributed by atoms with Crippen LogP contribution in [0.25, 0.3) is 0 Å². The molecule has 0 saturated heterocycles. The molecule has 0 fully saturated rings. The molecular formula is C18H21ClN6O3. The highest BCUT2D eigenvalue weighted by molar-refractivity contribution is 6.31. The van der Waals surface area contributed by atoms with E-state index < -0.39 is 6.03 Å². The number of halogens is 1. The van der Waals surface area contributed by atoms with Crippen molar-refractivity contribution in [3.63, 3.8) is 0 Å². The topological polar surface area (TPSA) is 112 Å². The lowest BCUT2D eigenvalue weighted by Gasteiger charge is -2.27. The van der Waals surface area contributed by atoms with Gasteiger partial charge in [-0.1, -0.05) is 11.6 Å². The van der Waals surface area contributed by atoms with Crippen LogP contribution >= 0.6 is 11.6 Å². The minimum Gasteiger partial charge on any atom is -0.383 e. The summed E-state index contributed by atoms with van der Waals surface area (Å²) in [6.45, 7) is 2.25.